The summed E-state index contributed by atoms with van der Waals surface area (Å²) in [6.07, 6.45) is 1.42. The van der Waals surface area contributed by atoms with Gasteiger partial charge in [-0.3, -0.25) is 4.79 Å². The predicted octanol–water partition coefficient (Wildman–Crippen LogP) is 2.49. The maximum Gasteiger partial charge on any atom is 0.339 e. The number of esters is 2. The van der Waals surface area contributed by atoms with Gasteiger partial charge in [0.15, 0.2) is 0 Å². The number of ether oxygens (including phenoxy) is 2. The number of benzene rings is 1. The topological polar surface area (TPSA) is 127 Å². The third-order valence-corrected chi connectivity index (χ3v) is 5.84. The molecule has 1 aliphatic heterocycles. The summed E-state index contributed by atoms with van der Waals surface area (Å²) in [5, 5.41) is 5.15. The third kappa shape index (κ3) is 5.98. The molecule has 0 saturated heterocycles. The first-order chi connectivity index (χ1) is 16.3. The van der Waals surface area contributed by atoms with Gasteiger partial charge in [-0.2, -0.15) is 0 Å². The van der Waals surface area contributed by atoms with Crippen molar-refractivity contribution in [2.45, 2.75) is 17.9 Å². The van der Waals surface area contributed by atoms with Gasteiger partial charge >= 0.3 is 18.0 Å². The second-order valence-corrected chi connectivity index (χ2v) is 8.33. The average Bonchev–Trinajstić information content (AvgIpc) is 3.35. The number of carbonyl (C=O) groups excluding carboxylic acids is 4. The molecular formula is C23H25N3O7S. The highest BCUT2D eigenvalue weighted by molar-refractivity contribution is 8.00. The van der Waals surface area contributed by atoms with Gasteiger partial charge in [0.25, 0.3) is 0 Å². The lowest BCUT2D eigenvalue weighted by molar-refractivity contribution is -0.139. The van der Waals surface area contributed by atoms with Gasteiger partial charge in [-0.25, -0.2) is 14.4 Å². The number of carbonyl (C=O) groups is 4. The zero-order valence-electron chi connectivity index (χ0n) is 19.0. The van der Waals surface area contributed by atoms with E-state index in [9.17, 15) is 19.2 Å². The summed E-state index contributed by atoms with van der Waals surface area (Å²) < 4.78 is 16.0. The number of hydrogen-bond acceptors (Lipinski definition) is 8. The first-order valence-corrected chi connectivity index (χ1v) is 11.4. The first-order valence-electron chi connectivity index (χ1n) is 10.4. The molecule has 0 aliphatic carbocycles. The zero-order valence-corrected chi connectivity index (χ0v) is 19.8. The minimum atomic E-state index is -0.906. The van der Waals surface area contributed by atoms with Crippen molar-refractivity contribution in [3.05, 3.63) is 65.3 Å². The van der Waals surface area contributed by atoms with Crippen molar-refractivity contribution < 1.29 is 33.1 Å². The van der Waals surface area contributed by atoms with Crippen LogP contribution >= 0.6 is 11.8 Å². The Labute approximate surface area is 200 Å². The van der Waals surface area contributed by atoms with E-state index in [1.807, 2.05) is 0 Å². The van der Waals surface area contributed by atoms with Gasteiger partial charge in [-0.05, 0) is 31.2 Å². The minimum absolute atomic E-state index is 0.0726. The summed E-state index contributed by atoms with van der Waals surface area (Å²) in [4.78, 5) is 51.8. The molecule has 34 heavy (non-hydrogen) atoms. The van der Waals surface area contributed by atoms with Gasteiger partial charge in [0.05, 0.1) is 35.5 Å². The molecule has 1 aromatic carbocycles. The molecular weight excluding hydrogens is 462 g/mol. The fourth-order valence-electron chi connectivity index (χ4n) is 3.10. The van der Waals surface area contributed by atoms with E-state index in [0.717, 1.165) is 0 Å². The van der Waals surface area contributed by atoms with Gasteiger partial charge in [-0.1, -0.05) is 12.1 Å². The molecule has 1 unspecified atom stereocenters. The maximum atomic E-state index is 12.9. The highest BCUT2D eigenvalue weighted by Gasteiger charge is 2.35. The Morgan fingerprint density at radius 3 is 2.53 bits per heavy atom. The van der Waals surface area contributed by atoms with Crippen LogP contribution in [0.4, 0.5) is 4.79 Å². The Balaban J connectivity index is 1.82. The number of thioether (sulfide) groups is 1. The van der Waals surface area contributed by atoms with E-state index >= 15 is 0 Å². The molecule has 0 spiro atoms. The third-order valence-electron chi connectivity index (χ3n) is 4.78. The monoisotopic (exact) mass is 487 g/mol. The van der Waals surface area contributed by atoms with Crippen LogP contribution in [0.5, 0.6) is 0 Å². The van der Waals surface area contributed by atoms with Crippen LogP contribution in [0.15, 0.2) is 63.2 Å². The number of furan rings is 1. The number of rotatable bonds is 9. The molecule has 2 heterocycles. The van der Waals surface area contributed by atoms with Gasteiger partial charge in [0.2, 0.25) is 5.91 Å². The normalized spacial score (nSPS) is 15.3. The smallest absolute Gasteiger partial charge is 0.339 e. The lowest BCUT2D eigenvalue weighted by Gasteiger charge is -2.27. The van der Waals surface area contributed by atoms with E-state index in [1.54, 1.807) is 57.4 Å². The average molecular weight is 488 g/mol. The summed E-state index contributed by atoms with van der Waals surface area (Å²) >= 11 is 1.21. The molecule has 180 valence electrons. The van der Waals surface area contributed by atoms with Crippen LogP contribution in [0.25, 0.3) is 0 Å². The fraction of sp³-hybridized carbons (Fsp3) is 0.304. The van der Waals surface area contributed by atoms with Crippen molar-refractivity contribution in [3.8, 4) is 0 Å². The lowest BCUT2D eigenvalue weighted by Crippen LogP contribution is -2.47. The molecule has 2 N–H and O–H groups in total. The molecule has 0 saturated carbocycles. The van der Waals surface area contributed by atoms with E-state index in [2.05, 4.69) is 10.6 Å². The summed E-state index contributed by atoms with van der Waals surface area (Å²) in [6, 6.07) is 8.47. The highest BCUT2D eigenvalue weighted by Crippen LogP contribution is 2.29. The van der Waals surface area contributed by atoms with Crippen LogP contribution in [0, 0.1) is 0 Å². The second kappa shape index (κ2) is 11.4. The van der Waals surface area contributed by atoms with Crippen molar-refractivity contribution in [2.24, 2.45) is 0 Å². The van der Waals surface area contributed by atoms with Gasteiger partial charge in [-0.15, -0.1) is 11.8 Å². The van der Waals surface area contributed by atoms with Crippen molar-refractivity contribution in [1.29, 1.82) is 0 Å². The molecule has 0 fully saturated rings. The number of nitrogens with one attached hydrogen (secondary N) is 2. The van der Waals surface area contributed by atoms with Gasteiger partial charge in [0.1, 0.15) is 18.4 Å². The van der Waals surface area contributed by atoms with Crippen LogP contribution in [0.1, 0.15) is 29.1 Å². The van der Waals surface area contributed by atoms with Crippen LogP contribution in [0.2, 0.25) is 0 Å². The maximum absolute atomic E-state index is 12.9. The molecule has 11 heteroatoms. The molecule has 1 aromatic heterocycles. The van der Waals surface area contributed by atoms with Crippen molar-refractivity contribution >= 4 is 35.6 Å². The Kier molecular flexibility index (Phi) is 8.36. The van der Waals surface area contributed by atoms with Gasteiger partial charge < -0.3 is 29.4 Å². The second-order valence-electron chi connectivity index (χ2n) is 7.31. The number of hydrogen-bond donors (Lipinski definition) is 2. The lowest BCUT2D eigenvalue weighted by atomic mass is 10.0. The van der Waals surface area contributed by atoms with Crippen LogP contribution in [-0.4, -0.2) is 61.8 Å². The standard InChI is InChI=1S/C23H25N3O7S/c1-4-31-22(29)19-15(24-23(30)25-20(19)16-9-7-11-32-16)12-33-21(28)14-8-5-6-10-17(14)34-13-18(27)26(2)3/h5-11,20H,4,12-13H2,1-3H3,(H2,24,25,30). The van der Waals surface area contributed by atoms with Crippen LogP contribution in [-0.2, 0) is 19.1 Å². The highest BCUT2D eigenvalue weighted by atomic mass is 32.2. The molecule has 3 rings (SSSR count). The largest absolute Gasteiger partial charge is 0.467 e. The Hall–Kier alpha value is -3.73. The Morgan fingerprint density at radius 2 is 1.85 bits per heavy atom. The quantitative estimate of drug-likeness (QED) is 0.408. The molecule has 0 bridgehead atoms. The predicted molar refractivity (Wildman–Crippen MR) is 123 cm³/mol. The van der Waals surface area contributed by atoms with Crippen LogP contribution in [0.3, 0.4) is 0 Å². The molecule has 3 amide bonds. The minimum Gasteiger partial charge on any atom is -0.467 e. The van der Waals surface area contributed by atoms with Crippen LogP contribution < -0.4 is 10.6 Å². The van der Waals surface area contributed by atoms with E-state index in [1.165, 1.54) is 22.9 Å². The molecule has 2 aromatic rings. The number of urea groups is 1. The van der Waals surface area contributed by atoms with Crippen molar-refractivity contribution in [3.63, 3.8) is 0 Å². The molecule has 1 aliphatic rings. The molecule has 1 atom stereocenters. The summed E-state index contributed by atoms with van der Waals surface area (Å²) in [5.74, 6) is -0.964. The number of amides is 3. The molecule has 0 radical (unpaired) electrons. The van der Waals surface area contributed by atoms with E-state index in [0.29, 0.717) is 10.7 Å². The SMILES string of the molecule is CCOC(=O)C1=C(COC(=O)c2ccccc2SCC(=O)N(C)C)NC(=O)NC1c1ccco1. The zero-order chi connectivity index (χ0) is 24.7. The Morgan fingerprint density at radius 1 is 1.09 bits per heavy atom. The van der Waals surface area contributed by atoms with Crippen molar-refractivity contribution in [1.82, 2.24) is 15.5 Å². The van der Waals surface area contributed by atoms with E-state index < -0.39 is 24.0 Å². The number of nitrogens with zero attached hydrogens (tertiary/aromatic N) is 1. The fourth-order valence-corrected chi connectivity index (χ4v) is 4.11. The first kappa shape index (κ1) is 24.9. The molecule has 10 nitrogen and oxygen atoms in total. The van der Waals surface area contributed by atoms with E-state index in [4.69, 9.17) is 13.9 Å². The van der Waals surface area contributed by atoms with Crippen molar-refractivity contribution in [2.75, 3.05) is 33.1 Å². The Bertz CT molecular complexity index is 1100. The van der Waals surface area contributed by atoms with E-state index in [-0.39, 0.29) is 41.7 Å². The summed E-state index contributed by atoms with van der Waals surface area (Å²) in [5.41, 5.74) is 0.425. The summed E-state index contributed by atoms with van der Waals surface area (Å²) in [6.45, 7) is 1.39. The van der Waals surface area contributed by atoms with Gasteiger partial charge in [0, 0.05) is 19.0 Å². The summed E-state index contributed by atoms with van der Waals surface area (Å²) in [7, 11) is 3.31.